The Balaban J connectivity index is 2.28. The van der Waals surface area contributed by atoms with E-state index in [-0.39, 0.29) is 5.91 Å². The predicted molar refractivity (Wildman–Crippen MR) is 66.7 cm³/mol. The molecule has 0 spiro atoms. The molecule has 0 aromatic rings. The number of nitrogens with zero attached hydrogens (tertiary/aromatic N) is 1. The summed E-state index contributed by atoms with van der Waals surface area (Å²) >= 11 is 0. The quantitative estimate of drug-likeness (QED) is 0.770. The maximum absolute atomic E-state index is 11.6. The summed E-state index contributed by atoms with van der Waals surface area (Å²) in [5.41, 5.74) is 0. The van der Waals surface area contributed by atoms with Gasteiger partial charge in [-0.1, -0.05) is 13.3 Å². The number of imide groups is 1. The topological polar surface area (TPSA) is 61.4 Å². The molecule has 2 N–H and O–H groups in total. The minimum Gasteiger partial charge on any atom is -0.338 e. The first-order chi connectivity index (χ1) is 8.15. The summed E-state index contributed by atoms with van der Waals surface area (Å²) in [7, 11) is 0. The van der Waals surface area contributed by atoms with Crippen molar-refractivity contribution < 1.29 is 9.59 Å². The highest BCUT2D eigenvalue weighted by atomic mass is 16.2. The highest BCUT2D eigenvalue weighted by molar-refractivity contribution is 5.95. The van der Waals surface area contributed by atoms with Gasteiger partial charge in [0.15, 0.2) is 0 Å². The first-order valence-corrected chi connectivity index (χ1v) is 6.45. The van der Waals surface area contributed by atoms with Crippen molar-refractivity contribution in [2.75, 3.05) is 26.2 Å². The number of carbonyl (C=O) groups excluding carboxylic acids is 2. The highest BCUT2D eigenvalue weighted by Crippen LogP contribution is 2.18. The summed E-state index contributed by atoms with van der Waals surface area (Å²) in [6.45, 7) is 6.79. The predicted octanol–water partition coefficient (Wildman–Crippen LogP) is 0.954. The number of urea groups is 1. The molecule has 0 saturated carbocycles. The monoisotopic (exact) mass is 241 g/mol. The number of hydrogen-bond acceptors (Lipinski definition) is 3. The number of carbonyl (C=O) groups is 2. The highest BCUT2D eigenvalue weighted by Gasteiger charge is 2.20. The fourth-order valence-corrected chi connectivity index (χ4v) is 2.20. The Labute approximate surface area is 103 Å². The van der Waals surface area contributed by atoms with Gasteiger partial charge in [-0.05, 0) is 32.2 Å². The summed E-state index contributed by atoms with van der Waals surface area (Å²) < 4.78 is 0. The third kappa shape index (κ3) is 5.17. The van der Waals surface area contributed by atoms with Crippen LogP contribution in [-0.2, 0) is 4.79 Å². The van der Waals surface area contributed by atoms with Crippen LogP contribution in [0.15, 0.2) is 0 Å². The lowest BCUT2D eigenvalue weighted by Crippen LogP contribution is -2.46. The van der Waals surface area contributed by atoms with Crippen molar-refractivity contribution in [3.63, 3.8) is 0 Å². The first kappa shape index (κ1) is 14.0. The van der Waals surface area contributed by atoms with E-state index in [4.69, 9.17) is 0 Å². The summed E-state index contributed by atoms with van der Waals surface area (Å²) in [5, 5.41) is 4.87. The van der Waals surface area contributed by atoms with Crippen molar-refractivity contribution in [1.29, 1.82) is 0 Å². The van der Waals surface area contributed by atoms with E-state index in [0.717, 1.165) is 25.9 Å². The third-order valence-corrected chi connectivity index (χ3v) is 3.14. The lowest BCUT2D eigenvalue weighted by atomic mass is 9.96. The number of amides is 3. The van der Waals surface area contributed by atoms with Gasteiger partial charge in [0.25, 0.3) is 0 Å². The molecule has 1 heterocycles. The Bertz CT molecular complexity index is 268. The fraction of sp³-hybridized carbons (Fsp3) is 0.833. The Kier molecular flexibility index (Phi) is 5.97. The maximum atomic E-state index is 11.6. The van der Waals surface area contributed by atoms with Crippen molar-refractivity contribution in [2.24, 2.45) is 5.92 Å². The summed E-state index contributed by atoms with van der Waals surface area (Å²) in [6, 6.07) is -0.401. The Morgan fingerprint density at radius 1 is 1.35 bits per heavy atom. The van der Waals surface area contributed by atoms with Gasteiger partial charge in [-0.15, -0.1) is 0 Å². The Morgan fingerprint density at radius 2 is 2.12 bits per heavy atom. The molecule has 5 nitrogen and oxygen atoms in total. The van der Waals surface area contributed by atoms with E-state index in [1.807, 2.05) is 6.92 Å². The molecule has 1 unspecified atom stereocenters. The molecule has 1 fully saturated rings. The zero-order chi connectivity index (χ0) is 12.7. The minimum atomic E-state index is -0.401. The van der Waals surface area contributed by atoms with Gasteiger partial charge in [-0.2, -0.15) is 0 Å². The Morgan fingerprint density at radius 3 is 2.76 bits per heavy atom. The number of hydrogen-bond donors (Lipinski definition) is 2. The van der Waals surface area contributed by atoms with Gasteiger partial charge in [0, 0.05) is 13.1 Å². The normalized spacial score (nSPS) is 20.9. The molecule has 0 aliphatic carbocycles. The van der Waals surface area contributed by atoms with Crippen molar-refractivity contribution in [3.05, 3.63) is 0 Å². The first-order valence-electron chi connectivity index (χ1n) is 6.45. The van der Waals surface area contributed by atoms with Gasteiger partial charge >= 0.3 is 6.03 Å². The van der Waals surface area contributed by atoms with E-state index in [1.165, 1.54) is 6.42 Å². The van der Waals surface area contributed by atoms with Crippen LogP contribution < -0.4 is 10.6 Å². The average molecular weight is 241 g/mol. The van der Waals surface area contributed by atoms with E-state index in [9.17, 15) is 9.59 Å². The number of piperidine rings is 1. The van der Waals surface area contributed by atoms with Gasteiger partial charge in [0.2, 0.25) is 5.91 Å². The number of likely N-dealkylation sites (tertiary alicyclic amines) is 1. The molecule has 1 saturated heterocycles. The summed E-state index contributed by atoms with van der Waals surface area (Å²) in [6.07, 6.45) is 3.56. The lowest BCUT2D eigenvalue weighted by molar-refractivity contribution is -0.121. The second kappa shape index (κ2) is 7.27. The molecule has 98 valence electrons. The molecular weight excluding hydrogens is 218 g/mol. The number of rotatable bonds is 4. The molecule has 0 aromatic carbocycles. The summed E-state index contributed by atoms with van der Waals surface area (Å²) in [4.78, 5) is 24.9. The molecule has 1 aliphatic rings. The maximum Gasteiger partial charge on any atom is 0.321 e. The average Bonchev–Trinajstić information content (AvgIpc) is 2.29. The molecule has 5 heteroatoms. The van der Waals surface area contributed by atoms with Crippen LogP contribution in [0.3, 0.4) is 0 Å². The van der Waals surface area contributed by atoms with Gasteiger partial charge in [-0.25, -0.2) is 4.79 Å². The summed E-state index contributed by atoms with van der Waals surface area (Å²) in [5.74, 6) is 0.480. The second-order valence-electron chi connectivity index (χ2n) is 4.56. The molecule has 17 heavy (non-hydrogen) atoms. The van der Waals surface area contributed by atoms with Crippen molar-refractivity contribution in [1.82, 2.24) is 15.5 Å². The molecule has 1 aliphatic heterocycles. The van der Waals surface area contributed by atoms with Crippen molar-refractivity contribution in [2.45, 2.75) is 33.1 Å². The Hall–Kier alpha value is -1.10. The van der Waals surface area contributed by atoms with Crippen molar-refractivity contribution in [3.8, 4) is 0 Å². The standard InChI is InChI=1S/C12H23N3O2/c1-3-10-6-5-7-15(8-10)9-11(16)14-12(17)13-4-2/h10H,3-9H2,1-2H3,(H2,13,14,16,17). The van der Waals surface area contributed by atoms with Crippen molar-refractivity contribution >= 4 is 11.9 Å². The van der Waals surface area contributed by atoms with Gasteiger partial charge in [-0.3, -0.25) is 15.0 Å². The van der Waals surface area contributed by atoms with E-state index in [0.29, 0.717) is 19.0 Å². The van der Waals surface area contributed by atoms with Crippen LogP contribution >= 0.6 is 0 Å². The molecule has 0 radical (unpaired) electrons. The van der Waals surface area contributed by atoms with Gasteiger partial charge in [0.05, 0.1) is 6.54 Å². The lowest BCUT2D eigenvalue weighted by Gasteiger charge is -2.31. The van der Waals surface area contributed by atoms with Crippen LogP contribution in [0.5, 0.6) is 0 Å². The minimum absolute atomic E-state index is 0.215. The van der Waals surface area contributed by atoms with E-state index in [1.54, 1.807) is 0 Å². The zero-order valence-electron chi connectivity index (χ0n) is 10.8. The molecule has 1 rings (SSSR count). The van der Waals surface area contributed by atoms with Gasteiger partial charge in [0.1, 0.15) is 0 Å². The van der Waals surface area contributed by atoms with Crippen LogP contribution in [0.2, 0.25) is 0 Å². The van der Waals surface area contributed by atoms with Gasteiger partial charge < -0.3 is 5.32 Å². The third-order valence-electron chi connectivity index (χ3n) is 3.14. The second-order valence-corrected chi connectivity index (χ2v) is 4.56. The van der Waals surface area contributed by atoms with Crippen LogP contribution in [0.25, 0.3) is 0 Å². The SMILES string of the molecule is CCNC(=O)NC(=O)CN1CCCC(CC)C1. The van der Waals surface area contributed by atoms with E-state index in [2.05, 4.69) is 22.5 Å². The van der Waals surface area contributed by atoms with Crippen LogP contribution in [0.4, 0.5) is 4.79 Å². The van der Waals surface area contributed by atoms with E-state index >= 15 is 0 Å². The fourth-order valence-electron chi connectivity index (χ4n) is 2.20. The molecule has 0 aromatic heterocycles. The van der Waals surface area contributed by atoms with Crippen LogP contribution in [0.1, 0.15) is 33.1 Å². The zero-order valence-corrected chi connectivity index (χ0v) is 10.8. The molecule has 3 amide bonds. The molecular formula is C12H23N3O2. The number of nitrogens with one attached hydrogen (secondary N) is 2. The van der Waals surface area contributed by atoms with Crippen LogP contribution in [0, 0.1) is 5.92 Å². The molecule has 1 atom stereocenters. The smallest absolute Gasteiger partial charge is 0.321 e. The van der Waals surface area contributed by atoms with Crippen LogP contribution in [-0.4, -0.2) is 43.0 Å². The van der Waals surface area contributed by atoms with E-state index < -0.39 is 6.03 Å². The largest absolute Gasteiger partial charge is 0.338 e. The molecule has 0 bridgehead atoms.